The molecule has 0 bridgehead atoms. The molecule has 1 aliphatic heterocycles. The van der Waals surface area contributed by atoms with Gasteiger partial charge in [-0.3, -0.25) is 4.79 Å². The second-order valence-corrected chi connectivity index (χ2v) is 5.25. The van der Waals surface area contributed by atoms with Crippen LogP contribution in [0.4, 0.5) is 0 Å². The highest BCUT2D eigenvalue weighted by atomic mass is 79.9. The van der Waals surface area contributed by atoms with Crippen LogP contribution in [0.5, 0.6) is 0 Å². The highest BCUT2D eigenvalue weighted by Gasteiger charge is 2.25. The zero-order valence-corrected chi connectivity index (χ0v) is 12.2. The molecule has 1 amide bonds. The number of likely N-dealkylation sites (tertiary alicyclic amines) is 1. The second kappa shape index (κ2) is 6.05. The van der Waals surface area contributed by atoms with Crippen LogP contribution in [0.15, 0.2) is 22.7 Å². The van der Waals surface area contributed by atoms with E-state index in [2.05, 4.69) is 15.9 Å². The van der Waals surface area contributed by atoms with Gasteiger partial charge in [0, 0.05) is 23.6 Å². The van der Waals surface area contributed by atoms with Gasteiger partial charge in [-0.25, -0.2) is 0 Å². The average Bonchev–Trinajstić information content (AvgIpc) is 2.67. The molecule has 0 spiro atoms. The van der Waals surface area contributed by atoms with Crippen molar-refractivity contribution in [3.63, 3.8) is 0 Å². The van der Waals surface area contributed by atoms with Gasteiger partial charge in [0.25, 0.3) is 5.91 Å². The number of halogens is 3. The molecule has 94 valence electrons. The van der Waals surface area contributed by atoms with Crippen molar-refractivity contribution in [2.75, 3.05) is 13.1 Å². The van der Waals surface area contributed by atoms with E-state index in [1.807, 2.05) is 6.07 Å². The lowest BCUT2D eigenvalue weighted by Crippen LogP contribution is -2.32. The quantitative estimate of drug-likeness (QED) is 0.855. The van der Waals surface area contributed by atoms with Crippen molar-refractivity contribution in [3.8, 4) is 0 Å². The Morgan fingerprint density at radius 2 is 2.24 bits per heavy atom. The minimum atomic E-state index is -0.0424. The van der Waals surface area contributed by atoms with Crippen molar-refractivity contribution in [2.24, 2.45) is 5.73 Å². The summed E-state index contributed by atoms with van der Waals surface area (Å²) in [5.74, 6) is -0.0424. The first-order valence-electron chi connectivity index (χ1n) is 5.08. The number of nitrogens with two attached hydrogens (primary N) is 1. The van der Waals surface area contributed by atoms with E-state index in [1.54, 1.807) is 17.0 Å². The minimum absolute atomic E-state index is 0. The topological polar surface area (TPSA) is 46.3 Å². The largest absolute Gasteiger partial charge is 0.337 e. The number of nitrogens with zero attached hydrogens (tertiary/aromatic N) is 1. The zero-order chi connectivity index (χ0) is 11.7. The minimum Gasteiger partial charge on any atom is -0.337 e. The summed E-state index contributed by atoms with van der Waals surface area (Å²) in [6, 6.07) is 5.37. The molecular weight excluding hydrogens is 327 g/mol. The molecule has 1 aliphatic rings. The summed E-state index contributed by atoms with van der Waals surface area (Å²) in [5, 5.41) is 0.480. The maximum Gasteiger partial charge on any atom is 0.255 e. The highest BCUT2D eigenvalue weighted by molar-refractivity contribution is 9.10. The van der Waals surface area contributed by atoms with Crippen LogP contribution in [-0.4, -0.2) is 29.9 Å². The number of carbonyl (C=O) groups excluding carboxylic acids is 1. The Morgan fingerprint density at radius 3 is 2.82 bits per heavy atom. The summed E-state index contributed by atoms with van der Waals surface area (Å²) in [7, 11) is 0. The first kappa shape index (κ1) is 14.8. The van der Waals surface area contributed by atoms with Gasteiger partial charge in [0.15, 0.2) is 0 Å². The number of hydrogen-bond donors (Lipinski definition) is 1. The van der Waals surface area contributed by atoms with E-state index in [0.717, 1.165) is 10.9 Å². The van der Waals surface area contributed by atoms with Crippen molar-refractivity contribution in [1.82, 2.24) is 4.90 Å². The van der Waals surface area contributed by atoms with Crippen molar-refractivity contribution in [2.45, 2.75) is 12.5 Å². The van der Waals surface area contributed by atoms with Crippen LogP contribution in [0.1, 0.15) is 16.8 Å². The molecule has 0 unspecified atom stereocenters. The first-order chi connectivity index (χ1) is 7.58. The van der Waals surface area contributed by atoms with E-state index in [0.29, 0.717) is 23.7 Å². The molecule has 0 aromatic heterocycles. The molecule has 3 nitrogen and oxygen atoms in total. The zero-order valence-electron chi connectivity index (χ0n) is 9.03. The highest BCUT2D eigenvalue weighted by Crippen LogP contribution is 2.23. The van der Waals surface area contributed by atoms with Crippen molar-refractivity contribution in [1.29, 1.82) is 0 Å². The van der Waals surface area contributed by atoms with E-state index in [1.165, 1.54) is 0 Å². The molecule has 1 fully saturated rings. The average molecular weight is 340 g/mol. The first-order valence-corrected chi connectivity index (χ1v) is 6.25. The molecule has 0 saturated carbocycles. The Balaban J connectivity index is 0.00000144. The van der Waals surface area contributed by atoms with Crippen LogP contribution in [0.3, 0.4) is 0 Å². The van der Waals surface area contributed by atoms with Gasteiger partial charge in [0.05, 0.1) is 10.6 Å². The third kappa shape index (κ3) is 3.35. The fourth-order valence-electron chi connectivity index (χ4n) is 1.80. The standard InChI is InChI=1S/C11H12BrClN2O.ClH/c12-7-1-2-10(13)9(5-7)11(16)15-4-3-8(14)6-15;/h1-2,5,8H,3-4,6,14H2;1H/t8-;/m1./s1. The molecular formula is C11H13BrCl2N2O. The summed E-state index contributed by atoms with van der Waals surface area (Å²) >= 11 is 9.34. The SMILES string of the molecule is Cl.N[C@@H]1CCN(C(=O)c2cc(Br)ccc2Cl)C1. The van der Waals surface area contributed by atoms with Crippen LogP contribution in [0.2, 0.25) is 5.02 Å². The van der Waals surface area contributed by atoms with E-state index < -0.39 is 0 Å². The van der Waals surface area contributed by atoms with Crippen molar-refractivity contribution < 1.29 is 4.79 Å². The Morgan fingerprint density at radius 1 is 1.53 bits per heavy atom. The summed E-state index contributed by atoms with van der Waals surface area (Å²) < 4.78 is 0.851. The smallest absolute Gasteiger partial charge is 0.255 e. The molecule has 2 N–H and O–H groups in total. The maximum atomic E-state index is 12.1. The van der Waals surface area contributed by atoms with Crippen LogP contribution in [0.25, 0.3) is 0 Å². The third-order valence-corrected chi connectivity index (χ3v) is 3.49. The van der Waals surface area contributed by atoms with Gasteiger partial charge in [-0.15, -0.1) is 12.4 Å². The molecule has 6 heteroatoms. The van der Waals surface area contributed by atoms with Crippen LogP contribution >= 0.6 is 39.9 Å². The molecule has 1 heterocycles. The number of amides is 1. The van der Waals surface area contributed by atoms with E-state index in [9.17, 15) is 4.79 Å². The van der Waals surface area contributed by atoms with E-state index >= 15 is 0 Å². The molecule has 2 rings (SSSR count). The predicted molar refractivity (Wildman–Crippen MR) is 74.9 cm³/mol. The van der Waals surface area contributed by atoms with Gasteiger partial charge in [-0.2, -0.15) is 0 Å². The molecule has 17 heavy (non-hydrogen) atoms. The maximum absolute atomic E-state index is 12.1. The van der Waals surface area contributed by atoms with Crippen molar-refractivity contribution in [3.05, 3.63) is 33.3 Å². The summed E-state index contributed by atoms with van der Waals surface area (Å²) in [6.07, 6.45) is 0.858. The molecule has 0 aliphatic carbocycles. The number of rotatable bonds is 1. The summed E-state index contributed by atoms with van der Waals surface area (Å²) in [5.41, 5.74) is 6.31. The second-order valence-electron chi connectivity index (χ2n) is 3.92. The van der Waals surface area contributed by atoms with Crippen LogP contribution in [0, 0.1) is 0 Å². The van der Waals surface area contributed by atoms with Gasteiger partial charge in [0.2, 0.25) is 0 Å². The molecule has 1 atom stereocenters. The van der Waals surface area contributed by atoms with Crippen molar-refractivity contribution >= 4 is 45.8 Å². The van der Waals surface area contributed by atoms with Crippen LogP contribution in [-0.2, 0) is 0 Å². The number of benzene rings is 1. The molecule has 1 saturated heterocycles. The lowest BCUT2D eigenvalue weighted by atomic mass is 10.2. The number of hydrogen-bond acceptors (Lipinski definition) is 2. The van der Waals surface area contributed by atoms with Gasteiger partial charge in [-0.05, 0) is 24.6 Å². The monoisotopic (exact) mass is 338 g/mol. The number of carbonyl (C=O) groups is 1. The molecule has 1 aromatic carbocycles. The summed E-state index contributed by atoms with van der Waals surface area (Å²) in [6.45, 7) is 1.32. The van der Waals surface area contributed by atoms with Crippen LogP contribution < -0.4 is 5.73 Å². The normalized spacial score (nSPS) is 19.0. The lowest BCUT2D eigenvalue weighted by Gasteiger charge is -2.16. The van der Waals surface area contributed by atoms with Gasteiger partial charge in [-0.1, -0.05) is 27.5 Å². The fraction of sp³-hybridized carbons (Fsp3) is 0.364. The fourth-order valence-corrected chi connectivity index (χ4v) is 2.36. The molecule has 0 radical (unpaired) electrons. The van der Waals surface area contributed by atoms with Gasteiger partial charge >= 0.3 is 0 Å². The third-order valence-electron chi connectivity index (χ3n) is 2.67. The predicted octanol–water partition coefficient (Wildman–Crippen LogP) is 2.70. The van der Waals surface area contributed by atoms with E-state index in [-0.39, 0.29) is 24.4 Å². The Hall–Kier alpha value is -0.290. The summed E-state index contributed by atoms with van der Waals surface area (Å²) in [4.78, 5) is 13.9. The van der Waals surface area contributed by atoms with Gasteiger partial charge in [0.1, 0.15) is 0 Å². The van der Waals surface area contributed by atoms with Gasteiger partial charge < -0.3 is 10.6 Å². The van der Waals surface area contributed by atoms with E-state index in [4.69, 9.17) is 17.3 Å². The Labute approximate surface area is 120 Å². The lowest BCUT2D eigenvalue weighted by molar-refractivity contribution is 0.0791. The Bertz CT molecular complexity index is 428. The Kier molecular flexibility index (Phi) is 5.25. The molecule has 1 aromatic rings.